The first kappa shape index (κ1) is 14.0. The van der Waals surface area contributed by atoms with Crippen LogP contribution in [0, 0.1) is 0 Å². The average Bonchev–Trinajstić information content (AvgIpc) is 2.42. The Morgan fingerprint density at radius 2 is 2.00 bits per heavy atom. The third-order valence-corrected chi connectivity index (χ3v) is 2.43. The number of anilines is 1. The Morgan fingerprint density at radius 3 is 2.56 bits per heavy atom. The minimum atomic E-state index is -0.168. The molecule has 0 unspecified atom stereocenters. The summed E-state index contributed by atoms with van der Waals surface area (Å²) in [7, 11) is 1.62. The molecule has 1 amide bonds. The van der Waals surface area contributed by atoms with Gasteiger partial charge in [0.05, 0.1) is 13.7 Å². The van der Waals surface area contributed by atoms with Gasteiger partial charge in [0.25, 0.3) is 5.91 Å². The largest absolute Gasteiger partial charge is 0.497 e. The molecule has 0 spiro atoms. The molecule has 0 radical (unpaired) electrons. The fraction of sp³-hybridized carbons (Fsp3) is 0.385. The van der Waals surface area contributed by atoms with Gasteiger partial charge in [0.1, 0.15) is 5.75 Å². The third kappa shape index (κ3) is 4.86. The number of hydrazone groups is 1. The predicted octanol–water partition coefficient (Wildman–Crippen LogP) is 2.01. The zero-order valence-electron chi connectivity index (χ0n) is 11.0. The highest BCUT2D eigenvalue weighted by Crippen LogP contribution is 2.14. The lowest BCUT2D eigenvalue weighted by molar-refractivity contribution is -0.119. The topological polar surface area (TPSA) is 62.7 Å². The summed E-state index contributed by atoms with van der Waals surface area (Å²) in [4.78, 5) is 11.5. The second-order valence-electron chi connectivity index (χ2n) is 3.82. The van der Waals surface area contributed by atoms with E-state index in [1.807, 2.05) is 38.1 Å². The van der Waals surface area contributed by atoms with Gasteiger partial charge in [0, 0.05) is 11.4 Å². The van der Waals surface area contributed by atoms with Crippen molar-refractivity contribution >= 4 is 17.3 Å². The molecule has 0 saturated carbocycles. The molecule has 0 aliphatic carbocycles. The Labute approximate surface area is 107 Å². The van der Waals surface area contributed by atoms with E-state index < -0.39 is 0 Å². The summed E-state index contributed by atoms with van der Waals surface area (Å²) in [5.41, 5.74) is 4.25. The molecule has 0 saturated heterocycles. The van der Waals surface area contributed by atoms with E-state index in [1.54, 1.807) is 7.11 Å². The molecule has 1 rings (SSSR count). The molecular formula is C13H19N3O2. The minimum absolute atomic E-state index is 0.168. The highest BCUT2D eigenvalue weighted by atomic mass is 16.5. The van der Waals surface area contributed by atoms with Gasteiger partial charge in [-0.3, -0.25) is 4.79 Å². The lowest BCUT2D eigenvalue weighted by atomic mass is 10.3. The quantitative estimate of drug-likeness (QED) is 0.599. The molecule has 0 aliphatic rings. The van der Waals surface area contributed by atoms with Gasteiger partial charge in [-0.1, -0.05) is 6.92 Å². The average molecular weight is 249 g/mol. The van der Waals surface area contributed by atoms with Crippen LogP contribution in [0.1, 0.15) is 20.3 Å². The normalized spacial score (nSPS) is 10.9. The van der Waals surface area contributed by atoms with Gasteiger partial charge < -0.3 is 10.1 Å². The van der Waals surface area contributed by atoms with Crippen LogP contribution in [0.4, 0.5) is 5.69 Å². The van der Waals surface area contributed by atoms with Gasteiger partial charge in [-0.15, -0.1) is 0 Å². The highest BCUT2D eigenvalue weighted by molar-refractivity contribution is 5.85. The second-order valence-corrected chi connectivity index (χ2v) is 3.82. The van der Waals surface area contributed by atoms with E-state index in [9.17, 15) is 4.79 Å². The molecule has 1 aromatic carbocycles. The summed E-state index contributed by atoms with van der Waals surface area (Å²) in [6.45, 7) is 4.05. The molecule has 0 aliphatic heterocycles. The molecule has 0 bridgehead atoms. The molecule has 0 heterocycles. The van der Waals surface area contributed by atoms with Crippen LogP contribution in [-0.4, -0.2) is 25.3 Å². The number of nitrogens with zero attached hydrogens (tertiary/aromatic N) is 1. The molecular weight excluding hydrogens is 230 g/mol. The number of methoxy groups -OCH3 is 1. The van der Waals surface area contributed by atoms with Crippen molar-refractivity contribution in [1.29, 1.82) is 0 Å². The molecule has 2 N–H and O–H groups in total. The van der Waals surface area contributed by atoms with Crippen LogP contribution in [0.15, 0.2) is 29.4 Å². The van der Waals surface area contributed by atoms with Crippen LogP contribution in [0.2, 0.25) is 0 Å². The maximum absolute atomic E-state index is 11.5. The van der Waals surface area contributed by atoms with E-state index >= 15 is 0 Å². The number of hydrogen-bond acceptors (Lipinski definition) is 4. The molecule has 1 aromatic rings. The summed E-state index contributed by atoms with van der Waals surface area (Å²) in [6, 6.07) is 7.37. The Bertz CT molecular complexity index is 413. The van der Waals surface area contributed by atoms with E-state index in [0.29, 0.717) is 0 Å². The summed E-state index contributed by atoms with van der Waals surface area (Å²) in [5, 5.41) is 6.94. The van der Waals surface area contributed by atoms with Gasteiger partial charge in [-0.2, -0.15) is 5.10 Å². The van der Waals surface area contributed by atoms with Crippen molar-refractivity contribution in [2.45, 2.75) is 20.3 Å². The maximum atomic E-state index is 11.5. The van der Waals surface area contributed by atoms with Crippen LogP contribution in [-0.2, 0) is 4.79 Å². The lowest BCUT2D eigenvalue weighted by Crippen LogP contribution is -2.26. The minimum Gasteiger partial charge on any atom is -0.497 e. The predicted molar refractivity (Wildman–Crippen MR) is 73.0 cm³/mol. The number of hydrogen-bond donors (Lipinski definition) is 2. The summed E-state index contributed by atoms with van der Waals surface area (Å²) in [6.07, 6.45) is 0.826. The van der Waals surface area contributed by atoms with Gasteiger partial charge >= 0.3 is 0 Å². The lowest BCUT2D eigenvalue weighted by Gasteiger charge is -2.06. The zero-order valence-corrected chi connectivity index (χ0v) is 11.0. The second kappa shape index (κ2) is 7.32. The first-order valence-corrected chi connectivity index (χ1v) is 5.85. The standard InChI is InChI=1S/C13H19N3O2/c1-4-10(2)15-16-13(17)9-14-11-5-7-12(18-3)8-6-11/h5-8,14H,4,9H2,1-3H3,(H,16,17)/b15-10-. The van der Waals surface area contributed by atoms with Crippen molar-refractivity contribution in [3.8, 4) is 5.75 Å². The molecule has 0 aromatic heterocycles. The number of ether oxygens (including phenoxy) is 1. The summed E-state index contributed by atoms with van der Waals surface area (Å²) >= 11 is 0. The van der Waals surface area contributed by atoms with Gasteiger partial charge in [0.15, 0.2) is 0 Å². The van der Waals surface area contributed by atoms with Crippen molar-refractivity contribution in [2.75, 3.05) is 19.0 Å². The molecule has 0 atom stereocenters. The third-order valence-electron chi connectivity index (χ3n) is 2.43. The van der Waals surface area contributed by atoms with Gasteiger partial charge in [0.2, 0.25) is 0 Å². The molecule has 18 heavy (non-hydrogen) atoms. The number of rotatable bonds is 6. The highest BCUT2D eigenvalue weighted by Gasteiger charge is 2.00. The van der Waals surface area contributed by atoms with Crippen molar-refractivity contribution in [2.24, 2.45) is 5.10 Å². The van der Waals surface area contributed by atoms with E-state index in [1.165, 1.54) is 0 Å². The van der Waals surface area contributed by atoms with E-state index in [0.717, 1.165) is 23.6 Å². The Hall–Kier alpha value is -2.04. The van der Waals surface area contributed by atoms with Crippen LogP contribution in [0.3, 0.4) is 0 Å². The molecule has 5 heteroatoms. The summed E-state index contributed by atoms with van der Waals surface area (Å²) in [5.74, 6) is 0.617. The fourth-order valence-corrected chi connectivity index (χ4v) is 1.17. The SMILES string of the molecule is CC/C(C)=N\NC(=O)CNc1ccc(OC)cc1. The van der Waals surface area contributed by atoms with E-state index in [4.69, 9.17) is 4.74 Å². The Morgan fingerprint density at radius 1 is 1.33 bits per heavy atom. The van der Waals surface area contributed by atoms with E-state index in [2.05, 4.69) is 15.8 Å². The van der Waals surface area contributed by atoms with Crippen molar-refractivity contribution in [3.63, 3.8) is 0 Å². The number of amides is 1. The Kier molecular flexibility index (Phi) is 5.70. The maximum Gasteiger partial charge on any atom is 0.259 e. The van der Waals surface area contributed by atoms with Crippen molar-refractivity contribution in [1.82, 2.24) is 5.43 Å². The number of carbonyl (C=O) groups excluding carboxylic acids is 1. The number of nitrogens with one attached hydrogen (secondary N) is 2. The smallest absolute Gasteiger partial charge is 0.259 e. The van der Waals surface area contributed by atoms with Crippen molar-refractivity contribution < 1.29 is 9.53 Å². The van der Waals surface area contributed by atoms with Gasteiger partial charge in [-0.05, 0) is 37.6 Å². The van der Waals surface area contributed by atoms with Crippen LogP contribution in [0.5, 0.6) is 5.75 Å². The number of carbonyl (C=O) groups is 1. The monoisotopic (exact) mass is 249 g/mol. The summed E-state index contributed by atoms with van der Waals surface area (Å²) < 4.78 is 5.05. The van der Waals surface area contributed by atoms with Crippen molar-refractivity contribution in [3.05, 3.63) is 24.3 Å². The first-order chi connectivity index (χ1) is 8.65. The van der Waals surface area contributed by atoms with Crippen LogP contribution < -0.4 is 15.5 Å². The zero-order chi connectivity index (χ0) is 13.4. The van der Waals surface area contributed by atoms with E-state index in [-0.39, 0.29) is 12.5 Å². The molecule has 98 valence electrons. The molecule has 5 nitrogen and oxygen atoms in total. The fourth-order valence-electron chi connectivity index (χ4n) is 1.17. The Balaban J connectivity index is 2.37. The van der Waals surface area contributed by atoms with Crippen LogP contribution in [0.25, 0.3) is 0 Å². The number of benzene rings is 1. The molecule has 0 fully saturated rings. The van der Waals surface area contributed by atoms with Crippen LogP contribution >= 0.6 is 0 Å². The van der Waals surface area contributed by atoms with Gasteiger partial charge in [-0.25, -0.2) is 5.43 Å². The first-order valence-electron chi connectivity index (χ1n) is 5.85.